The average Bonchev–Trinajstić information content (AvgIpc) is 1.36. The van der Waals surface area contributed by atoms with E-state index in [-0.39, 0.29) is 44.4 Å². The summed E-state index contributed by atoms with van der Waals surface area (Å²) < 4.78 is 0. The molecule has 0 aromatic carbocycles. The van der Waals surface area contributed by atoms with Crippen molar-refractivity contribution in [1.29, 1.82) is 0 Å². The van der Waals surface area contributed by atoms with Gasteiger partial charge in [-0.1, -0.05) is 6.92 Å². The van der Waals surface area contributed by atoms with Crippen LogP contribution >= 0.6 is 0 Å². The number of hydrogen-bond acceptors (Lipinski definition) is 1. The van der Waals surface area contributed by atoms with E-state index < -0.39 is 0 Å². The minimum Gasteiger partial charge on any atom is -0.333 e. The van der Waals surface area contributed by atoms with Gasteiger partial charge in [-0.05, 0) is 6.92 Å². The van der Waals surface area contributed by atoms with Gasteiger partial charge in [-0.2, -0.15) is 0 Å². The average molecular weight is 174 g/mol. The molecular weight excluding hydrogens is 165 g/mol. The Labute approximate surface area is 69.7 Å². The summed E-state index contributed by atoms with van der Waals surface area (Å²) in [6.45, 7) is 6.81. The fourth-order valence-electron chi connectivity index (χ4n) is 0. The second-order valence-electron chi connectivity index (χ2n) is 1.51. The third-order valence-corrected chi connectivity index (χ3v) is 0.694. The predicted molar refractivity (Wildman–Crippen MR) is 25.2 cm³/mol. The number of Topliss-reactive ketones (excluding diaryl/α,β-unsaturated/α-hetero) is 1. The normalized spacial score (nSPS) is 11.9. The Morgan fingerprint density at radius 1 is 1.71 bits per heavy atom. The van der Waals surface area contributed by atoms with Crippen LogP contribution in [0, 0.1) is 12.8 Å². The number of hydrogen-bond donors (Lipinski definition) is 0. The number of carbonyl (C=O) groups is 1. The van der Waals surface area contributed by atoms with Crippen LogP contribution in [0.3, 0.4) is 0 Å². The maximum atomic E-state index is 10.1. The summed E-state index contributed by atoms with van der Waals surface area (Å²) in [5, 5.41) is 0. The monoisotopic (exact) mass is 174 g/mol. The molecule has 0 fully saturated rings. The third-order valence-electron chi connectivity index (χ3n) is 0.694. The summed E-state index contributed by atoms with van der Waals surface area (Å²) >= 11 is 0. The summed E-state index contributed by atoms with van der Waals surface area (Å²) in [7, 11) is 0. The molecule has 2 heteroatoms. The Morgan fingerprint density at radius 2 is 1.86 bits per heavy atom. The zero-order chi connectivity index (χ0) is 5.15. The first kappa shape index (κ1) is 10.7. The van der Waals surface area contributed by atoms with E-state index in [9.17, 15) is 4.79 Å². The predicted octanol–water partition coefficient (Wildman–Crippen LogP) is 1.04. The molecule has 0 aliphatic heterocycles. The van der Waals surface area contributed by atoms with Gasteiger partial charge in [0.05, 0.1) is 0 Å². The van der Waals surface area contributed by atoms with E-state index in [1.807, 2.05) is 0 Å². The zero-order valence-corrected chi connectivity index (χ0v) is 7.61. The quantitative estimate of drug-likeness (QED) is 0.543. The molecule has 0 aliphatic carbocycles. The van der Waals surface area contributed by atoms with Crippen LogP contribution in [-0.4, -0.2) is 5.78 Å². The molecule has 0 heterocycles. The first-order chi connectivity index (χ1) is 2.64. The van der Waals surface area contributed by atoms with Crippen LogP contribution in [0.25, 0.3) is 0 Å². The standard InChI is InChI=1S/C5H9O.Y/c1-4(2)5(3)6;/h4H,1H2,2-3H3;/q-1;+3. The van der Waals surface area contributed by atoms with Crippen molar-refractivity contribution < 1.29 is 37.5 Å². The van der Waals surface area contributed by atoms with Crippen molar-refractivity contribution >= 4 is 5.78 Å². The van der Waals surface area contributed by atoms with Gasteiger partial charge in [0.25, 0.3) is 0 Å². The first-order valence-electron chi connectivity index (χ1n) is 1.98. The number of ketones is 1. The summed E-state index contributed by atoms with van der Waals surface area (Å²) in [6.07, 6.45) is 0. The van der Waals surface area contributed by atoms with Gasteiger partial charge >= 0.3 is 32.7 Å². The van der Waals surface area contributed by atoms with E-state index in [1.54, 1.807) is 6.92 Å². The van der Waals surface area contributed by atoms with Crippen molar-refractivity contribution in [3.63, 3.8) is 0 Å². The minimum atomic E-state index is -0.0370. The van der Waals surface area contributed by atoms with Crippen molar-refractivity contribution in [3.8, 4) is 0 Å². The van der Waals surface area contributed by atoms with E-state index in [0.717, 1.165) is 0 Å². The molecule has 0 spiro atoms. The van der Waals surface area contributed by atoms with Crippen LogP contribution in [-0.2, 0) is 37.5 Å². The molecule has 0 saturated carbocycles. The second-order valence-corrected chi connectivity index (χ2v) is 1.51. The molecule has 1 unspecified atom stereocenters. The first-order valence-corrected chi connectivity index (χ1v) is 1.98. The summed E-state index contributed by atoms with van der Waals surface area (Å²) in [5.41, 5.74) is 0. The Hall–Kier alpha value is 0.774. The summed E-state index contributed by atoms with van der Waals surface area (Å²) in [5.74, 6) is 0.111. The van der Waals surface area contributed by atoms with E-state index in [2.05, 4.69) is 6.92 Å². The molecule has 36 valence electrons. The van der Waals surface area contributed by atoms with Crippen LogP contribution in [0.2, 0.25) is 0 Å². The zero-order valence-electron chi connectivity index (χ0n) is 4.77. The largest absolute Gasteiger partial charge is 3.00 e. The van der Waals surface area contributed by atoms with Crippen LogP contribution in [0.5, 0.6) is 0 Å². The molecule has 0 aromatic rings. The maximum Gasteiger partial charge on any atom is 3.00 e. The van der Waals surface area contributed by atoms with Gasteiger partial charge < -0.3 is 11.7 Å². The molecule has 0 aliphatic rings. The van der Waals surface area contributed by atoms with Gasteiger partial charge in [0.1, 0.15) is 5.78 Å². The fourth-order valence-corrected chi connectivity index (χ4v) is 0. The molecule has 0 aromatic heterocycles. The second kappa shape index (κ2) is 4.92. The van der Waals surface area contributed by atoms with Crippen LogP contribution < -0.4 is 0 Å². The molecule has 1 atom stereocenters. The number of carbonyl (C=O) groups excluding carboxylic acids is 1. The van der Waals surface area contributed by atoms with Crippen molar-refractivity contribution in [2.45, 2.75) is 13.8 Å². The number of rotatable bonds is 1. The van der Waals surface area contributed by atoms with Crippen molar-refractivity contribution in [2.24, 2.45) is 5.92 Å². The van der Waals surface area contributed by atoms with Gasteiger partial charge in [-0.25, -0.2) is 0 Å². The van der Waals surface area contributed by atoms with Gasteiger partial charge in [0, 0.05) is 0 Å². The van der Waals surface area contributed by atoms with Gasteiger partial charge in [0.2, 0.25) is 0 Å². The topological polar surface area (TPSA) is 17.1 Å². The Kier molecular flexibility index (Phi) is 7.52. The molecule has 0 saturated heterocycles. The van der Waals surface area contributed by atoms with E-state index in [4.69, 9.17) is 0 Å². The summed E-state index contributed by atoms with van der Waals surface area (Å²) in [6, 6.07) is 0. The maximum absolute atomic E-state index is 10.1. The Morgan fingerprint density at radius 3 is 1.86 bits per heavy atom. The van der Waals surface area contributed by atoms with E-state index in [1.165, 1.54) is 6.92 Å². The van der Waals surface area contributed by atoms with Gasteiger partial charge in [-0.15, -0.1) is 5.92 Å². The SMILES string of the molecule is [CH2-]C(C)C(C)=O.[Y+3]. The third kappa shape index (κ3) is 6.77. The van der Waals surface area contributed by atoms with Crippen molar-refractivity contribution in [2.75, 3.05) is 0 Å². The van der Waals surface area contributed by atoms with Gasteiger partial charge in [-0.3, -0.25) is 0 Å². The van der Waals surface area contributed by atoms with E-state index >= 15 is 0 Å². The molecule has 0 rings (SSSR count). The molecule has 0 bridgehead atoms. The van der Waals surface area contributed by atoms with Crippen LogP contribution in [0.15, 0.2) is 0 Å². The fraction of sp³-hybridized carbons (Fsp3) is 0.600. The van der Waals surface area contributed by atoms with E-state index in [0.29, 0.717) is 0 Å². The molecule has 0 radical (unpaired) electrons. The molecule has 0 amide bonds. The van der Waals surface area contributed by atoms with Crippen molar-refractivity contribution in [3.05, 3.63) is 6.92 Å². The smallest absolute Gasteiger partial charge is 0.333 e. The van der Waals surface area contributed by atoms with Gasteiger partial charge in [0.15, 0.2) is 0 Å². The molecular formula is C5H9OY+2. The van der Waals surface area contributed by atoms with Crippen LogP contribution in [0.4, 0.5) is 0 Å². The van der Waals surface area contributed by atoms with Crippen LogP contribution in [0.1, 0.15) is 13.8 Å². The molecule has 1 nitrogen and oxygen atoms in total. The Balaban J connectivity index is 0. The minimum absolute atomic E-state index is 0. The van der Waals surface area contributed by atoms with Crippen molar-refractivity contribution in [1.82, 2.24) is 0 Å². The summed E-state index contributed by atoms with van der Waals surface area (Å²) in [4.78, 5) is 10.1. The Bertz CT molecular complexity index is 59.1. The molecule has 7 heavy (non-hydrogen) atoms. The molecule has 0 N–H and O–H groups in total.